The van der Waals surface area contributed by atoms with E-state index in [4.69, 9.17) is 0 Å². The van der Waals surface area contributed by atoms with Gasteiger partial charge in [0.25, 0.3) is 0 Å². The summed E-state index contributed by atoms with van der Waals surface area (Å²) in [7, 11) is 8.58. The number of rotatable bonds is 13. The molecule has 2 nitrogen and oxygen atoms in total. The maximum atomic E-state index is 2.26. The summed E-state index contributed by atoms with van der Waals surface area (Å²) in [6, 6.07) is 0. The van der Waals surface area contributed by atoms with Crippen molar-refractivity contribution in [3.05, 3.63) is 0 Å². The second-order valence-electron chi connectivity index (χ2n) is 4.80. The molecule has 0 N–H and O–H groups in total. The quantitative estimate of drug-likeness (QED) is 0.481. The monoisotopic (exact) mass is 310 g/mol. The molecule has 0 spiro atoms. The second kappa shape index (κ2) is 14.4. The third-order valence-electron chi connectivity index (χ3n) is 2.32. The van der Waals surface area contributed by atoms with Crippen molar-refractivity contribution in [3.8, 4) is 0 Å². The van der Waals surface area contributed by atoms with E-state index in [0.29, 0.717) is 0 Å². The molecule has 110 valence electrons. The Labute approximate surface area is 127 Å². The predicted octanol–water partition coefficient (Wildman–Crippen LogP) is 2.70. The Hall–Kier alpha value is 0.970. The van der Waals surface area contributed by atoms with Crippen LogP contribution in [0.15, 0.2) is 0 Å². The first kappa shape index (κ1) is 19.0. The lowest BCUT2D eigenvalue weighted by molar-refractivity contribution is 0.410. The van der Waals surface area contributed by atoms with Crippen LogP contribution < -0.4 is 0 Å². The van der Waals surface area contributed by atoms with Crippen molar-refractivity contribution < 1.29 is 0 Å². The van der Waals surface area contributed by atoms with E-state index in [2.05, 4.69) is 73.3 Å². The maximum Gasteiger partial charge on any atom is 0.00662 e. The molecule has 0 saturated heterocycles. The van der Waals surface area contributed by atoms with Crippen LogP contribution in [0.2, 0.25) is 0 Å². The first-order valence-electron chi connectivity index (χ1n) is 6.65. The fourth-order valence-electron chi connectivity index (χ4n) is 1.27. The molecule has 0 bridgehead atoms. The zero-order chi connectivity index (χ0) is 13.6. The fourth-order valence-corrected chi connectivity index (χ4v) is 4.60. The zero-order valence-electron chi connectivity index (χ0n) is 12.5. The van der Waals surface area contributed by atoms with Gasteiger partial charge in [0.1, 0.15) is 0 Å². The number of hydrogen-bond acceptors (Lipinski definition) is 5. The van der Waals surface area contributed by atoms with Gasteiger partial charge in [-0.1, -0.05) is 0 Å². The summed E-state index contributed by atoms with van der Waals surface area (Å²) >= 11 is 6.30. The SMILES string of the molecule is CN(C)CCCSCCSCCSCCN(C)C. The summed E-state index contributed by atoms with van der Waals surface area (Å²) in [4.78, 5) is 4.52. The highest BCUT2D eigenvalue weighted by molar-refractivity contribution is 8.04. The molecule has 0 heterocycles. The number of nitrogens with zero attached hydrogens (tertiary/aromatic N) is 2. The molecule has 0 rings (SSSR count). The van der Waals surface area contributed by atoms with Crippen LogP contribution in [-0.4, -0.2) is 85.6 Å². The van der Waals surface area contributed by atoms with Gasteiger partial charge in [0, 0.05) is 35.3 Å². The highest BCUT2D eigenvalue weighted by atomic mass is 32.2. The van der Waals surface area contributed by atoms with Crippen molar-refractivity contribution in [1.82, 2.24) is 9.80 Å². The molecule has 0 atom stereocenters. The smallest absolute Gasteiger partial charge is 0.00662 e. The lowest BCUT2D eigenvalue weighted by atomic mass is 10.5. The van der Waals surface area contributed by atoms with Gasteiger partial charge in [-0.25, -0.2) is 0 Å². The Morgan fingerprint density at radius 3 is 1.50 bits per heavy atom. The minimum absolute atomic E-state index is 1.21. The molecule has 0 radical (unpaired) electrons. The fraction of sp³-hybridized carbons (Fsp3) is 1.00. The van der Waals surface area contributed by atoms with Crippen LogP contribution in [0.5, 0.6) is 0 Å². The third-order valence-corrected chi connectivity index (χ3v) is 5.86. The molecule has 0 amide bonds. The average Bonchev–Trinajstić information content (AvgIpc) is 2.29. The highest BCUT2D eigenvalue weighted by Gasteiger charge is 1.95. The van der Waals surface area contributed by atoms with Crippen LogP contribution in [0.3, 0.4) is 0 Å². The van der Waals surface area contributed by atoms with Crippen LogP contribution in [0.4, 0.5) is 0 Å². The Balaban J connectivity index is 2.95. The minimum Gasteiger partial charge on any atom is -0.309 e. The third kappa shape index (κ3) is 17.0. The molecule has 0 aliphatic rings. The molecule has 0 aliphatic heterocycles. The van der Waals surface area contributed by atoms with Crippen LogP contribution >= 0.6 is 35.3 Å². The summed E-state index contributed by atoms with van der Waals surface area (Å²) in [6.45, 7) is 2.43. The van der Waals surface area contributed by atoms with Gasteiger partial charge in [-0.15, -0.1) is 0 Å². The van der Waals surface area contributed by atoms with Gasteiger partial charge < -0.3 is 9.80 Å². The van der Waals surface area contributed by atoms with Gasteiger partial charge in [-0.05, 0) is 46.9 Å². The van der Waals surface area contributed by atoms with Crippen molar-refractivity contribution in [1.29, 1.82) is 0 Å². The standard InChI is InChI=1S/C13H30N2S3/c1-14(2)6-5-8-16-10-12-18-13-11-17-9-7-15(3)4/h5-13H2,1-4H3. The predicted molar refractivity (Wildman–Crippen MR) is 93.7 cm³/mol. The summed E-state index contributed by atoms with van der Waals surface area (Å²) in [6.07, 6.45) is 1.32. The average molecular weight is 311 g/mol. The summed E-state index contributed by atoms with van der Waals surface area (Å²) in [5.41, 5.74) is 0. The van der Waals surface area contributed by atoms with Crippen molar-refractivity contribution in [2.24, 2.45) is 0 Å². The molecular formula is C13H30N2S3. The van der Waals surface area contributed by atoms with E-state index in [9.17, 15) is 0 Å². The minimum atomic E-state index is 1.21. The summed E-state index contributed by atoms with van der Waals surface area (Å²) in [5.74, 6) is 7.85. The van der Waals surface area contributed by atoms with E-state index in [1.165, 1.54) is 54.0 Å². The van der Waals surface area contributed by atoms with E-state index < -0.39 is 0 Å². The first-order valence-corrected chi connectivity index (χ1v) is 10.1. The number of hydrogen-bond donors (Lipinski definition) is 0. The van der Waals surface area contributed by atoms with Crippen LogP contribution in [0, 0.1) is 0 Å². The van der Waals surface area contributed by atoms with Crippen molar-refractivity contribution in [3.63, 3.8) is 0 Å². The van der Waals surface area contributed by atoms with Crippen molar-refractivity contribution in [2.75, 3.05) is 75.8 Å². The van der Waals surface area contributed by atoms with E-state index >= 15 is 0 Å². The van der Waals surface area contributed by atoms with Gasteiger partial charge >= 0.3 is 0 Å². The van der Waals surface area contributed by atoms with Gasteiger partial charge in [-0.2, -0.15) is 35.3 Å². The topological polar surface area (TPSA) is 6.48 Å². The summed E-state index contributed by atoms with van der Waals surface area (Å²) < 4.78 is 0. The van der Waals surface area contributed by atoms with Crippen molar-refractivity contribution >= 4 is 35.3 Å². The maximum absolute atomic E-state index is 2.26. The lowest BCUT2D eigenvalue weighted by Crippen LogP contribution is -2.15. The van der Waals surface area contributed by atoms with E-state index in [0.717, 1.165) is 0 Å². The molecular weight excluding hydrogens is 280 g/mol. The molecule has 0 aliphatic carbocycles. The largest absolute Gasteiger partial charge is 0.309 e. The Morgan fingerprint density at radius 1 is 0.556 bits per heavy atom. The normalized spacial score (nSPS) is 11.7. The highest BCUT2D eigenvalue weighted by Crippen LogP contribution is 2.10. The first-order chi connectivity index (χ1) is 8.63. The molecule has 0 fully saturated rings. The van der Waals surface area contributed by atoms with E-state index in [-0.39, 0.29) is 0 Å². The molecule has 0 aromatic rings. The van der Waals surface area contributed by atoms with Crippen LogP contribution in [0.1, 0.15) is 6.42 Å². The Kier molecular flexibility index (Phi) is 15.2. The molecule has 5 heteroatoms. The second-order valence-corrected chi connectivity index (χ2v) is 8.47. The number of thioether (sulfide) groups is 3. The molecule has 0 saturated carbocycles. The van der Waals surface area contributed by atoms with Crippen molar-refractivity contribution in [2.45, 2.75) is 6.42 Å². The van der Waals surface area contributed by atoms with Gasteiger partial charge in [0.15, 0.2) is 0 Å². The van der Waals surface area contributed by atoms with Gasteiger partial charge in [0.05, 0.1) is 0 Å². The molecule has 18 heavy (non-hydrogen) atoms. The van der Waals surface area contributed by atoms with E-state index in [1.807, 2.05) is 0 Å². The summed E-state index contributed by atoms with van der Waals surface area (Å²) in [5, 5.41) is 0. The Morgan fingerprint density at radius 2 is 1.00 bits per heavy atom. The zero-order valence-corrected chi connectivity index (χ0v) is 14.9. The van der Waals surface area contributed by atoms with E-state index in [1.54, 1.807) is 0 Å². The van der Waals surface area contributed by atoms with Crippen LogP contribution in [0.25, 0.3) is 0 Å². The van der Waals surface area contributed by atoms with Gasteiger partial charge in [-0.3, -0.25) is 0 Å². The molecule has 0 unspecified atom stereocenters. The van der Waals surface area contributed by atoms with Crippen LogP contribution in [-0.2, 0) is 0 Å². The van der Waals surface area contributed by atoms with Gasteiger partial charge in [0.2, 0.25) is 0 Å². The molecule has 0 aromatic heterocycles. The molecule has 0 aromatic carbocycles. The Bertz CT molecular complexity index is 148. The lowest BCUT2D eigenvalue weighted by Gasteiger charge is -2.09.